The lowest BCUT2D eigenvalue weighted by molar-refractivity contribution is 0.232. The van der Waals surface area contributed by atoms with Crippen LogP contribution in [0, 0.1) is 0 Å². The van der Waals surface area contributed by atoms with Crippen molar-refractivity contribution in [1.82, 2.24) is 30.4 Å². The molecule has 4 rings (SSSR count). The van der Waals surface area contributed by atoms with Crippen molar-refractivity contribution in [3.05, 3.63) is 34.8 Å². The van der Waals surface area contributed by atoms with Gasteiger partial charge in [-0.2, -0.15) is 21.0 Å². The molecule has 0 radical (unpaired) electrons. The predicted octanol–water partition coefficient (Wildman–Crippen LogP) is 2.98. The molecule has 1 saturated carbocycles. The first kappa shape index (κ1) is 16.0. The fourth-order valence-corrected chi connectivity index (χ4v) is 3.80. The maximum atomic E-state index is 12.1. The van der Waals surface area contributed by atoms with Gasteiger partial charge < -0.3 is 10.6 Å². The van der Waals surface area contributed by atoms with E-state index >= 15 is 0 Å². The minimum Gasteiger partial charge on any atom is -0.335 e. The second-order valence-electron chi connectivity index (χ2n) is 6.28. The molecule has 2 amide bonds. The van der Waals surface area contributed by atoms with Crippen molar-refractivity contribution in [3.63, 3.8) is 0 Å². The number of urea groups is 1. The summed E-state index contributed by atoms with van der Waals surface area (Å²) in [6, 6.07) is 5.97. The molecule has 0 atom stereocenters. The Morgan fingerprint density at radius 3 is 2.88 bits per heavy atom. The van der Waals surface area contributed by atoms with Gasteiger partial charge in [-0.1, -0.05) is 19.3 Å². The molecule has 3 aromatic rings. The van der Waals surface area contributed by atoms with Gasteiger partial charge in [0.05, 0.1) is 12.2 Å². The minimum absolute atomic E-state index is 0.155. The highest BCUT2D eigenvalue weighted by molar-refractivity contribution is 7.08. The van der Waals surface area contributed by atoms with E-state index in [2.05, 4.69) is 25.9 Å². The summed E-state index contributed by atoms with van der Waals surface area (Å²) in [5.41, 5.74) is 2.60. The summed E-state index contributed by atoms with van der Waals surface area (Å²) in [7, 11) is 0. The molecule has 130 valence electrons. The molecular weight excluding hydrogens is 336 g/mol. The number of carbonyl (C=O) groups excluding carboxylic acids is 1. The van der Waals surface area contributed by atoms with Crippen molar-refractivity contribution in [1.29, 1.82) is 0 Å². The monoisotopic (exact) mass is 356 g/mol. The van der Waals surface area contributed by atoms with Crippen LogP contribution in [0.5, 0.6) is 0 Å². The largest absolute Gasteiger partial charge is 0.335 e. The lowest BCUT2D eigenvalue weighted by Crippen LogP contribution is -2.42. The van der Waals surface area contributed by atoms with Gasteiger partial charge in [-0.3, -0.25) is 0 Å². The lowest BCUT2D eigenvalue weighted by atomic mass is 9.96. The maximum Gasteiger partial charge on any atom is 0.315 e. The van der Waals surface area contributed by atoms with Crippen molar-refractivity contribution >= 4 is 23.0 Å². The van der Waals surface area contributed by atoms with Crippen LogP contribution >= 0.6 is 11.3 Å². The van der Waals surface area contributed by atoms with E-state index in [1.807, 2.05) is 29.0 Å². The quantitative estimate of drug-likeness (QED) is 0.753. The van der Waals surface area contributed by atoms with Crippen LogP contribution < -0.4 is 10.6 Å². The van der Waals surface area contributed by atoms with Gasteiger partial charge in [-0.25, -0.2) is 4.79 Å². The van der Waals surface area contributed by atoms with Gasteiger partial charge in [0, 0.05) is 17.0 Å². The van der Waals surface area contributed by atoms with Gasteiger partial charge in [-0.05, 0) is 36.4 Å². The second kappa shape index (κ2) is 7.18. The van der Waals surface area contributed by atoms with Gasteiger partial charge in [0.15, 0.2) is 11.5 Å². The minimum atomic E-state index is -0.155. The zero-order valence-electron chi connectivity index (χ0n) is 13.8. The molecule has 8 heteroatoms. The molecule has 25 heavy (non-hydrogen) atoms. The third kappa shape index (κ3) is 3.63. The summed E-state index contributed by atoms with van der Waals surface area (Å²) in [5.74, 6) is 0.617. The fraction of sp³-hybridized carbons (Fsp3) is 0.412. The van der Waals surface area contributed by atoms with E-state index in [0.717, 1.165) is 24.1 Å². The van der Waals surface area contributed by atoms with E-state index in [4.69, 9.17) is 0 Å². The number of hydrogen-bond donors (Lipinski definition) is 2. The molecule has 7 nitrogen and oxygen atoms in total. The van der Waals surface area contributed by atoms with Gasteiger partial charge in [-0.15, -0.1) is 10.2 Å². The fourth-order valence-electron chi connectivity index (χ4n) is 3.15. The Morgan fingerprint density at radius 1 is 1.20 bits per heavy atom. The van der Waals surface area contributed by atoms with E-state index in [1.54, 1.807) is 15.9 Å². The Balaban J connectivity index is 1.44. The highest BCUT2D eigenvalue weighted by Crippen LogP contribution is 2.20. The lowest BCUT2D eigenvalue weighted by Gasteiger charge is -2.22. The molecule has 3 aromatic heterocycles. The van der Waals surface area contributed by atoms with Crippen LogP contribution in [0.1, 0.15) is 37.9 Å². The van der Waals surface area contributed by atoms with Crippen molar-refractivity contribution in [2.75, 3.05) is 0 Å². The number of amides is 2. The predicted molar refractivity (Wildman–Crippen MR) is 96.3 cm³/mol. The first-order valence-corrected chi connectivity index (χ1v) is 9.52. The Bertz CT molecular complexity index is 853. The Kier molecular flexibility index (Phi) is 4.60. The zero-order valence-corrected chi connectivity index (χ0v) is 14.6. The number of nitrogens with one attached hydrogen (secondary N) is 2. The molecule has 0 bridgehead atoms. The third-order valence-corrected chi connectivity index (χ3v) is 5.18. The first-order valence-electron chi connectivity index (χ1n) is 8.58. The average Bonchev–Trinajstić information content (AvgIpc) is 3.30. The Morgan fingerprint density at radius 2 is 2.08 bits per heavy atom. The number of hydrogen-bond acceptors (Lipinski definition) is 5. The molecule has 0 saturated heterocycles. The smallest absolute Gasteiger partial charge is 0.315 e. The van der Waals surface area contributed by atoms with Crippen LogP contribution in [-0.2, 0) is 6.54 Å². The summed E-state index contributed by atoms with van der Waals surface area (Å²) in [6.07, 6.45) is 5.77. The van der Waals surface area contributed by atoms with Gasteiger partial charge in [0.25, 0.3) is 0 Å². The SMILES string of the molecule is O=C(NCc1nnc2ccc(-c3ccsc3)nn12)NC1CCCCC1. The third-order valence-electron chi connectivity index (χ3n) is 4.49. The van der Waals surface area contributed by atoms with Gasteiger partial charge >= 0.3 is 6.03 Å². The molecule has 1 fully saturated rings. The number of fused-ring (bicyclic) bond motifs is 1. The topological polar surface area (TPSA) is 84.2 Å². The van der Waals surface area contributed by atoms with Crippen LogP contribution in [0.2, 0.25) is 0 Å². The summed E-state index contributed by atoms with van der Waals surface area (Å²) < 4.78 is 1.69. The van der Waals surface area contributed by atoms with Crippen molar-refractivity contribution in [2.24, 2.45) is 0 Å². The summed E-state index contributed by atoms with van der Waals surface area (Å²) >= 11 is 1.63. The van der Waals surface area contributed by atoms with Crippen molar-refractivity contribution in [2.45, 2.75) is 44.7 Å². The van der Waals surface area contributed by atoms with Gasteiger partial charge in [0.2, 0.25) is 0 Å². The van der Waals surface area contributed by atoms with Crippen molar-refractivity contribution < 1.29 is 4.79 Å². The van der Waals surface area contributed by atoms with Crippen LogP contribution in [0.15, 0.2) is 29.0 Å². The molecular formula is C17H20N6OS. The normalized spacial score (nSPS) is 15.4. The summed E-state index contributed by atoms with van der Waals surface area (Å²) in [5, 5.41) is 22.8. The number of thiophene rings is 1. The van der Waals surface area contributed by atoms with E-state index in [1.165, 1.54) is 19.3 Å². The molecule has 0 unspecified atom stereocenters. The molecule has 0 spiro atoms. The number of aromatic nitrogens is 4. The summed E-state index contributed by atoms with van der Waals surface area (Å²) in [4.78, 5) is 12.1. The zero-order chi connectivity index (χ0) is 17.1. The molecule has 3 heterocycles. The van der Waals surface area contributed by atoms with Crippen LogP contribution in [-0.4, -0.2) is 31.9 Å². The Labute approximate surface area is 149 Å². The average molecular weight is 356 g/mol. The van der Waals surface area contributed by atoms with Crippen LogP contribution in [0.4, 0.5) is 4.79 Å². The number of carbonyl (C=O) groups is 1. The van der Waals surface area contributed by atoms with Crippen molar-refractivity contribution in [3.8, 4) is 11.3 Å². The van der Waals surface area contributed by atoms with E-state index < -0.39 is 0 Å². The standard InChI is InChI=1S/C17H20N6OS/c24-17(19-13-4-2-1-3-5-13)18-10-16-21-20-15-7-6-14(22-23(15)16)12-8-9-25-11-12/h6-9,11,13H,1-5,10H2,(H2,18,19,24). The van der Waals surface area contributed by atoms with E-state index in [0.29, 0.717) is 18.0 Å². The molecule has 0 aromatic carbocycles. The first-order chi connectivity index (χ1) is 12.3. The highest BCUT2D eigenvalue weighted by atomic mass is 32.1. The van der Waals surface area contributed by atoms with Crippen LogP contribution in [0.25, 0.3) is 16.9 Å². The maximum absolute atomic E-state index is 12.1. The Hall–Kier alpha value is -2.48. The molecule has 0 aliphatic heterocycles. The molecule has 1 aliphatic carbocycles. The molecule has 1 aliphatic rings. The highest BCUT2D eigenvalue weighted by Gasteiger charge is 2.16. The van der Waals surface area contributed by atoms with Gasteiger partial charge in [0.1, 0.15) is 0 Å². The number of rotatable bonds is 4. The van der Waals surface area contributed by atoms with E-state index in [9.17, 15) is 4.79 Å². The number of nitrogens with zero attached hydrogens (tertiary/aromatic N) is 4. The van der Waals surface area contributed by atoms with E-state index in [-0.39, 0.29) is 12.1 Å². The summed E-state index contributed by atoms with van der Waals surface area (Å²) in [6.45, 7) is 0.291. The molecule has 2 N–H and O–H groups in total. The second-order valence-corrected chi connectivity index (χ2v) is 7.06. The van der Waals surface area contributed by atoms with Crippen LogP contribution in [0.3, 0.4) is 0 Å².